The minimum Gasteiger partial charge on any atom is -0.506 e. The Kier molecular flexibility index (Phi) is 3.98. The summed E-state index contributed by atoms with van der Waals surface area (Å²) in [6.45, 7) is 0. The molecular formula is C10H8NaO4S. The van der Waals surface area contributed by atoms with Crippen LogP contribution < -0.4 is 0 Å². The minimum absolute atomic E-state index is 0. The molecule has 0 bridgehead atoms. The van der Waals surface area contributed by atoms with Crippen LogP contribution in [0.4, 0.5) is 0 Å². The first-order valence-electron chi connectivity index (χ1n) is 4.18. The predicted molar refractivity (Wildman–Crippen MR) is 61.2 cm³/mol. The number of fused-ring (bicyclic) bond motifs is 1. The average Bonchev–Trinajstić information content (AvgIpc) is 2.16. The second-order valence-corrected chi connectivity index (χ2v) is 4.50. The summed E-state index contributed by atoms with van der Waals surface area (Å²) < 4.78 is 30.6. The first-order valence-corrected chi connectivity index (χ1v) is 5.62. The van der Waals surface area contributed by atoms with Gasteiger partial charge in [0.2, 0.25) is 0 Å². The van der Waals surface area contributed by atoms with E-state index >= 15 is 0 Å². The van der Waals surface area contributed by atoms with Crippen molar-refractivity contribution in [3.05, 3.63) is 36.4 Å². The maximum atomic E-state index is 10.9. The minimum atomic E-state index is -4.37. The second kappa shape index (κ2) is 4.73. The number of phenolic OH excluding ortho intramolecular Hbond substituents is 1. The molecule has 79 valence electrons. The van der Waals surface area contributed by atoms with Crippen LogP contribution in [0.15, 0.2) is 41.3 Å². The zero-order chi connectivity index (χ0) is 11.1. The molecule has 0 aliphatic heterocycles. The molecule has 0 spiro atoms. The molecule has 0 amide bonds. The Morgan fingerprint density at radius 2 is 1.62 bits per heavy atom. The van der Waals surface area contributed by atoms with Crippen molar-refractivity contribution in [1.82, 2.24) is 0 Å². The molecule has 0 aliphatic rings. The maximum Gasteiger partial charge on any atom is 0.298 e. The molecule has 4 nitrogen and oxygen atoms in total. The number of hydrogen-bond donors (Lipinski definition) is 2. The van der Waals surface area contributed by atoms with Crippen LogP contribution in [0, 0.1) is 0 Å². The standard InChI is InChI=1S/C10H8O4S.Na/c11-10-8-4-2-1-3-7(8)5-6-9(10)15(12,13)14;/h1-6,11H,(H,12,13,14);. The molecule has 0 atom stereocenters. The van der Waals surface area contributed by atoms with Crippen molar-refractivity contribution in [1.29, 1.82) is 0 Å². The fourth-order valence-corrected chi connectivity index (χ4v) is 2.04. The second-order valence-electron chi connectivity index (χ2n) is 3.11. The summed E-state index contributed by atoms with van der Waals surface area (Å²) in [6.07, 6.45) is 0. The third-order valence-electron chi connectivity index (χ3n) is 2.14. The summed E-state index contributed by atoms with van der Waals surface area (Å²) in [5, 5.41) is 10.8. The molecule has 0 fully saturated rings. The van der Waals surface area contributed by atoms with E-state index in [4.69, 9.17) is 4.55 Å². The summed E-state index contributed by atoms with van der Waals surface area (Å²) >= 11 is 0. The van der Waals surface area contributed by atoms with E-state index < -0.39 is 20.8 Å². The number of hydrogen-bond acceptors (Lipinski definition) is 3. The van der Waals surface area contributed by atoms with Gasteiger partial charge in [0.25, 0.3) is 10.1 Å². The first-order chi connectivity index (χ1) is 7.00. The van der Waals surface area contributed by atoms with Crippen LogP contribution in [-0.2, 0) is 10.1 Å². The van der Waals surface area contributed by atoms with E-state index in [-0.39, 0.29) is 29.6 Å². The molecule has 0 saturated heterocycles. The molecule has 0 heterocycles. The third kappa shape index (κ3) is 2.39. The Morgan fingerprint density at radius 1 is 1.00 bits per heavy atom. The number of rotatable bonds is 1. The van der Waals surface area contributed by atoms with E-state index in [9.17, 15) is 13.5 Å². The van der Waals surface area contributed by atoms with Crippen LogP contribution in [0.2, 0.25) is 0 Å². The van der Waals surface area contributed by atoms with Gasteiger partial charge in [-0.25, -0.2) is 0 Å². The van der Waals surface area contributed by atoms with Crippen molar-refractivity contribution in [2.75, 3.05) is 0 Å². The summed E-state index contributed by atoms with van der Waals surface area (Å²) in [5.41, 5.74) is 0. The molecule has 0 unspecified atom stereocenters. The fourth-order valence-electron chi connectivity index (χ4n) is 1.44. The van der Waals surface area contributed by atoms with Crippen molar-refractivity contribution in [2.24, 2.45) is 0 Å². The quantitative estimate of drug-likeness (QED) is 0.590. The zero-order valence-corrected chi connectivity index (χ0v) is 11.4. The van der Waals surface area contributed by atoms with Crippen molar-refractivity contribution >= 4 is 50.4 Å². The molecule has 2 aromatic rings. The summed E-state index contributed by atoms with van der Waals surface area (Å²) in [5.74, 6) is -0.421. The topological polar surface area (TPSA) is 74.6 Å². The van der Waals surface area contributed by atoms with Gasteiger partial charge in [-0.05, 0) is 11.5 Å². The molecule has 2 aromatic carbocycles. The molecule has 0 saturated carbocycles. The van der Waals surface area contributed by atoms with Crippen LogP contribution in [0.1, 0.15) is 0 Å². The van der Waals surface area contributed by atoms with E-state index in [0.29, 0.717) is 10.8 Å². The zero-order valence-electron chi connectivity index (χ0n) is 8.58. The monoisotopic (exact) mass is 247 g/mol. The summed E-state index contributed by atoms with van der Waals surface area (Å²) in [6, 6.07) is 9.47. The van der Waals surface area contributed by atoms with Gasteiger partial charge in [0.1, 0.15) is 10.6 Å². The normalized spacial score (nSPS) is 11.1. The largest absolute Gasteiger partial charge is 0.506 e. The van der Waals surface area contributed by atoms with Gasteiger partial charge in [-0.15, -0.1) is 0 Å². The van der Waals surface area contributed by atoms with E-state index in [1.54, 1.807) is 24.3 Å². The van der Waals surface area contributed by atoms with Crippen molar-refractivity contribution in [3.8, 4) is 5.75 Å². The van der Waals surface area contributed by atoms with Crippen LogP contribution in [-0.4, -0.2) is 47.6 Å². The van der Waals surface area contributed by atoms with Gasteiger partial charge < -0.3 is 5.11 Å². The molecule has 2 N–H and O–H groups in total. The van der Waals surface area contributed by atoms with Crippen molar-refractivity contribution < 1.29 is 18.1 Å². The van der Waals surface area contributed by atoms with Crippen LogP contribution in [0.3, 0.4) is 0 Å². The molecular weight excluding hydrogens is 239 g/mol. The summed E-state index contributed by atoms with van der Waals surface area (Å²) in [7, 11) is -4.37. The van der Waals surface area contributed by atoms with Gasteiger partial charge in [-0.2, -0.15) is 8.42 Å². The fraction of sp³-hybridized carbons (Fsp3) is 0. The Labute approximate surface area is 115 Å². The number of aromatic hydroxyl groups is 1. The SMILES string of the molecule is O=S(=O)(O)c1ccc2ccccc2c1O.[Na]. The van der Waals surface area contributed by atoms with Crippen LogP contribution in [0.25, 0.3) is 10.8 Å². The van der Waals surface area contributed by atoms with Crippen molar-refractivity contribution in [2.45, 2.75) is 4.90 Å². The van der Waals surface area contributed by atoms with Crippen LogP contribution in [0.5, 0.6) is 5.75 Å². The van der Waals surface area contributed by atoms with E-state index in [2.05, 4.69) is 0 Å². The van der Waals surface area contributed by atoms with E-state index in [0.717, 1.165) is 0 Å². The van der Waals surface area contributed by atoms with Gasteiger partial charge >= 0.3 is 0 Å². The van der Waals surface area contributed by atoms with Gasteiger partial charge in [0.05, 0.1) is 0 Å². The van der Waals surface area contributed by atoms with Crippen molar-refractivity contribution in [3.63, 3.8) is 0 Å². The molecule has 16 heavy (non-hydrogen) atoms. The summed E-state index contributed by atoms with van der Waals surface area (Å²) in [4.78, 5) is -0.471. The van der Waals surface area contributed by atoms with Gasteiger partial charge in [-0.3, -0.25) is 4.55 Å². The van der Waals surface area contributed by atoms with Crippen LogP contribution >= 0.6 is 0 Å². The maximum absolute atomic E-state index is 10.9. The van der Waals surface area contributed by atoms with Gasteiger partial charge in [0, 0.05) is 34.9 Å². The molecule has 2 rings (SSSR count). The number of phenols is 1. The molecule has 1 radical (unpaired) electrons. The molecule has 0 aliphatic carbocycles. The Bertz CT molecular complexity index is 622. The van der Waals surface area contributed by atoms with E-state index in [1.165, 1.54) is 12.1 Å². The molecule has 6 heteroatoms. The van der Waals surface area contributed by atoms with Gasteiger partial charge in [-0.1, -0.05) is 30.3 Å². The average molecular weight is 247 g/mol. The predicted octanol–water partition coefficient (Wildman–Crippen LogP) is 1.41. The van der Waals surface area contributed by atoms with Gasteiger partial charge in [0.15, 0.2) is 0 Å². The first kappa shape index (κ1) is 13.5. The Balaban J connectivity index is 0.00000128. The Morgan fingerprint density at radius 3 is 2.25 bits per heavy atom. The third-order valence-corrected chi connectivity index (χ3v) is 3.03. The Hall–Kier alpha value is -0.590. The molecule has 0 aromatic heterocycles. The number of benzene rings is 2. The smallest absolute Gasteiger partial charge is 0.298 e. The van der Waals surface area contributed by atoms with E-state index in [1.807, 2.05) is 0 Å².